The number of benzene rings is 12. The highest BCUT2D eigenvalue weighted by molar-refractivity contribution is 7.88. The van der Waals surface area contributed by atoms with E-state index in [0.29, 0.717) is 11.8 Å². The molecule has 0 unspecified atom stereocenters. The van der Waals surface area contributed by atoms with Crippen molar-refractivity contribution in [1.29, 1.82) is 0 Å². The van der Waals surface area contributed by atoms with Gasteiger partial charge in [0.1, 0.15) is 17.3 Å². The minimum Gasteiger partial charge on any atom is -0.454 e. The van der Waals surface area contributed by atoms with Gasteiger partial charge in [-0.05, 0) is 59.9 Å². The fourth-order valence-corrected chi connectivity index (χ4v) is 20.2. The minimum atomic E-state index is -2.76. The number of furan rings is 1. The molecule has 13 rings (SSSR count). The molecule has 13 aromatic rings. The molecule has 0 saturated heterocycles. The normalized spacial score (nSPS) is 11.8. The summed E-state index contributed by atoms with van der Waals surface area (Å²) in [6.45, 7) is 9.05. The lowest BCUT2D eigenvalue weighted by Gasteiger charge is -2.44. The molecule has 0 aliphatic heterocycles. The lowest BCUT2D eigenvalue weighted by Crippen LogP contribution is -2.74. The van der Waals surface area contributed by atoms with Crippen molar-refractivity contribution < 1.29 is 9.16 Å². The Morgan fingerprint density at radius 1 is 0.321 bits per heavy atom. The van der Waals surface area contributed by atoms with E-state index in [4.69, 9.17) is 9.16 Å². The molecule has 0 aliphatic carbocycles. The quantitative estimate of drug-likeness (QED) is 0.0855. The van der Waals surface area contributed by atoms with Gasteiger partial charge in [0, 0.05) is 48.9 Å². The van der Waals surface area contributed by atoms with Crippen molar-refractivity contribution >= 4 is 107 Å². The van der Waals surface area contributed by atoms with Gasteiger partial charge in [-0.25, -0.2) is 4.74 Å². The number of para-hydroxylation sites is 3. The number of hydrogen-bond acceptors (Lipinski definition) is 2. The third-order valence-corrected chi connectivity index (χ3v) is 24.1. The molecule has 0 atom stereocenters. The van der Waals surface area contributed by atoms with Gasteiger partial charge in [-0.15, -0.1) is 0 Å². The van der Waals surface area contributed by atoms with Crippen LogP contribution in [0.4, 0.5) is 11.4 Å². The van der Waals surface area contributed by atoms with Crippen LogP contribution in [0.25, 0.3) is 21.9 Å². The number of nitrogens with one attached hydrogen (secondary N) is 1. The van der Waals surface area contributed by atoms with Gasteiger partial charge in [0.05, 0.1) is 18.0 Å². The summed E-state index contributed by atoms with van der Waals surface area (Å²) in [5, 5.41) is 9.26. The summed E-state index contributed by atoms with van der Waals surface area (Å²) in [6.07, 6.45) is -1.22. The molecule has 6 heteroatoms. The predicted octanol–water partition coefficient (Wildman–Crippen LogP) is 14.6. The molecule has 0 aliphatic rings. The first-order valence-electron chi connectivity index (χ1n) is 29.4. The van der Waals surface area contributed by atoms with Crippen LogP contribution in [0.15, 0.2) is 337 Å². The van der Waals surface area contributed by atoms with E-state index in [1.165, 1.54) is 54.2 Å². The fourth-order valence-electron chi connectivity index (χ4n) is 12.7. The zero-order valence-electron chi connectivity index (χ0n) is 48.2. The topological polar surface area (TPSA) is 39.5 Å². The van der Waals surface area contributed by atoms with Crippen LogP contribution in [0.1, 0.15) is 50.7 Å². The van der Waals surface area contributed by atoms with Crippen molar-refractivity contribution in [2.24, 2.45) is 4.74 Å². The molecule has 1 heterocycles. The third kappa shape index (κ3) is 10.4. The molecule has 3 nitrogen and oxygen atoms in total. The zero-order valence-corrected chi connectivity index (χ0v) is 49.9. The Labute approximate surface area is 496 Å². The second-order valence-corrected chi connectivity index (χ2v) is 28.3. The summed E-state index contributed by atoms with van der Waals surface area (Å²) in [5.74, 6) is 0.628. The van der Waals surface area contributed by atoms with E-state index >= 15 is 0 Å². The molecule has 0 spiro atoms. The summed E-state index contributed by atoms with van der Waals surface area (Å²) in [6, 6.07) is 118. The van der Waals surface area contributed by atoms with Gasteiger partial charge in [-0.1, -0.05) is 307 Å². The number of nitrogens with zero attached hydrogens (tertiary/aromatic N) is 1. The van der Waals surface area contributed by atoms with E-state index in [9.17, 15) is 0 Å². The third-order valence-electron chi connectivity index (χ3n) is 16.6. The van der Waals surface area contributed by atoms with Crippen LogP contribution in [-0.2, 0) is 0 Å². The minimum absolute atomic E-state index is 0.300. The summed E-state index contributed by atoms with van der Waals surface area (Å²) in [7, 11) is -5.41. The average molecular weight is 1120 g/mol. The Hall–Kier alpha value is -9.04. The lowest BCUT2D eigenvalue weighted by atomic mass is 9.13. The Bertz CT molecular complexity index is 3970. The standard InChI is InChI=1S/C54H48N2OP2.C24H20B/c1-39(2)45-31-17-19-35-49(45)55-58(41-23-9-5-10-24-41,42-25-11-6-12-26-42)51-37-21-33-47-48-34-22-38-52(54(48)57-53(47)51)59(43-27-13-7-14-28-43,44-29-15-8-16-30-44)56-50-36-20-18-32-46(50)40(3)4;1-5-13-21(14-6-1)25(22-15-7-2-8-16-22,23-17-9-3-10-18-23)24-19-11-4-12-20-24/h5-40H,1-4H3;1-20H/q;-1/p+1. The zero-order chi connectivity index (χ0) is 57.4. The van der Waals surface area contributed by atoms with Gasteiger partial charge in [-0.3, -0.25) is 4.74 Å². The monoisotopic (exact) mass is 1120 g/mol. The van der Waals surface area contributed by atoms with E-state index in [-0.39, 0.29) is 0 Å². The van der Waals surface area contributed by atoms with Crippen molar-refractivity contribution in [3.8, 4) is 0 Å². The Morgan fingerprint density at radius 3 is 1.07 bits per heavy atom. The van der Waals surface area contributed by atoms with Gasteiger partial charge >= 0.3 is 0 Å². The van der Waals surface area contributed by atoms with E-state index in [1.54, 1.807) is 0 Å². The first kappa shape index (κ1) is 55.5. The second kappa shape index (κ2) is 24.8. The van der Waals surface area contributed by atoms with Crippen LogP contribution in [0.5, 0.6) is 0 Å². The van der Waals surface area contributed by atoms with E-state index < -0.39 is 20.3 Å². The molecule has 84 heavy (non-hydrogen) atoms. The smallest absolute Gasteiger partial charge is 0.203 e. The number of rotatable bonds is 14. The van der Waals surface area contributed by atoms with Crippen LogP contribution in [0.2, 0.25) is 0 Å². The van der Waals surface area contributed by atoms with Crippen molar-refractivity contribution in [2.45, 2.75) is 39.5 Å². The molecule has 410 valence electrons. The fraction of sp³-hybridized carbons (Fsp3) is 0.0769. The summed E-state index contributed by atoms with van der Waals surface area (Å²) < 4.78 is 17.9. The number of fused-ring (bicyclic) bond motifs is 3. The molecular formula is C78H69BN2OP2. The maximum Gasteiger partial charge on any atom is 0.203 e. The summed E-state index contributed by atoms with van der Waals surface area (Å²) in [4.78, 5) is 0. The highest BCUT2D eigenvalue weighted by Crippen LogP contribution is 2.53. The van der Waals surface area contributed by atoms with E-state index in [1.807, 2.05) is 0 Å². The largest absolute Gasteiger partial charge is 0.454 e. The van der Waals surface area contributed by atoms with Crippen molar-refractivity contribution in [3.05, 3.63) is 339 Å². The first-order chi connectivity index (χ1) is 41.3. The summed E-state index contributed by atoms with van der Waals surface area (Å²) >= 11 is 0. The van der Waals surface area contributed by atoms with Crippen molar-refractivity contribution in [3.63, 3.8) is 0 Å². The molecule has 12 aromatic carbocycles. The van der Waals surface area contributed by atoms with Crippen molar-refractivity contribution in [2.75, 3.05) is 0 Å². The highest BCUT2D eigenvalue weighted by Gasteiger charge is 2.39. The Morgan fingerprint density at radius 2 is 0.655 bits per heavy atom. The highest BCUT2D eigenvalue weighted by atomic mass is 31.2. The maximum atomic E-state index is 7.60. The SMILES string of the molecule is CC(C)c1ccccc1N=P(c1ccccc1)(c1ccccc1)c1cccc2c1oc1c(P(=[NH+]c3ccccc3C(C)C)(c3ccccc3)c3ccccc3)cccc12.c1ccc([B-](c2ccccc2)(c2ccccc2)c2ccccc2)cc1. The molecule has 0 saturated carbocycles. The predicted molar refractivity (Wildman–Crippen MR) is 365 cm³/mol. The van der Waals surface area contributed by atoms with Gasteiger partial charge in [0.2, 0.25) is 5.69 Å². The van der Waals surface area contributed by atoms with Crippen LogP contribution >= 0.6 is 14.1 Å². The number of hydrogen-bond donors (Lipinski definition) is 1. The molecule has 0 radical (unpaired) electrons. The lowest BCUT2D eigenvalue weighted by molar-refractivity contribution is -0.327. The Balaban J connectivity index is 0.000000231. The molecular weight excluding hydrogens is 1050 g/mol. The molecule has 0 amide bonds. The van der Waals surface area contributed by atoms with Gasteiger partial charge < -0.3 is 4.42 Å². The maximum absolute atomic E-state index is 7.60. The average Bonchev–Trinajstić information content (AvgIpc) is 3.43. The van der Waals surface area contributed by atoms with Crippen molar-refractivity contribution in [1.82, 2.24) is 0 Å². The van der Waals surface area contributed by atoms with Gasteiger partial charge in [0.25, 0.3) is 0 Å². The van der Waals surface area contributed by atoms with Crippen LogP contribution in [0, 0.1) is 0 Å². The Kier molecular flexibility index (Phi) is 16.4. The second-order valence-electron chi connectivity index (χ2n) is 22.2. The molecule has 0 fully saturated rings. The van der Waals surface area contributed by atoms with E-state index in [0.717, 1.165) is 43.9 Å². The molecule has 0 bridgehead atoms. The first-order valence-corrected chi connectivity index (χ1v) is 32.9. The van der Waals surface area contributed by atoms with E-state index in [2.05, 4.69) is 360 Å². The summed E-state index contributed by atoms with van der Waals surface area (Å²) in [5.41, 5.74) is 11.8. The van der Waals surface area contributed by atoms with Crippen LogP contribution in [0.3, 0.4) is 0 Å². The van der Waals surface area contributed by atoms with Gasteiger partial charge in [-0.2, -0.15) is 21.9 Å². The molecule has 1 aromatic heterocycles. The van der Waals surface area contributed by atoms with Crippen LogP contribution < -0.4 is 58.4 Å². The molecule has 1 N–H and O–H groups in total. The van der Waals surface area contributed by atoms with Crippen LogP contribution in [-0.4, -0.2) is 6.15 Å². The van der Waals surface area contributed by atoms with Gasteiger partial charge in [0.15, 0.2) is 7.05 Å².